The summed E-state index contributed by atoms with van der Waals surface area (Å²) in [6.45, 7) is 2.00. The van der Waals surface area contributed by atoms with Crippen LogP contribution >= 0.6 is 10.7 Å². The van der Waals surface area contributed by atoms with Crippen LogP contribution in [-0.4, -0.2) is 18.6 Å². The first kappa shape index (κ1) is 10.4. The molecule has 4 nitrogen and oxygen atoms in total. The molecule has 15 heavy (non-hydrogen) atoms. The lowest BCUT2D eigenvalue weighted by Gasteiger charge is -1.96. The molecular weight excluding hydrogens is 236 g/mol. The Balaban J connectivity index is 2.78. The molecule has 0 fully saturated rings. The highest BCUT2D eigenvalue weighted by molar-refractivity contribution is 8.13. The first-order valence-electron chi connectivity index (χ1n) is 4.44. The summed E-state index contributed by atoms with van der Waals surface area (Å²) in [5.41, 5.74) is 1.65. The van der Waals surface area contributed by atoms with E-state index in [2.05, 4.69) is 10.2 Å². The van der Waals surface area contributed by atoms with Crippen molar-refractivity contribution in [3.63, 3.8) is 0 Å². The lowest BCUT2D eigenvalue weighted by atomic mass is 10.1. The van der Waals surface area contributed by atoms with Crippen molar-refractivity contribution in [3.8, 4) is 0 Å². The van der Waals surface area contributed by atoms with Gasteiger partial charge in [-0.05, 0) is 24.1 Å². The smallest absolute Gasteiger partial charge is 0.265 e. The second-order valence-corrected chi connectivity index (χ2v) is 5.70. The number of aromatic nitrogens is 2. The Labute approximate surface area is 91.7 Å². The molecule has 1 heterocycles. The number of aromatic amines is 1. The molecule has 1 N–H and O–H groups in total. The summed E-state index contributed by atoms with van der Waals surface area (Å²) >= 11 is 0. The van der Waals surface area contributed by atoms with Crippen molar-refractivity contribution >= 4 is 30.6 Å². The number of nitrogens with one attached hydrogen (secondary N) is 1. The molecule has 0 aliphatic carbocycles. The van der Waals surface area contributed by atoms with Crippen molar-refractivity contribution in [1.82, 2.24) is 10.2 Å². The number of benzene rings is 1. The average Bonchev–Trinajstić information content (AvgIpc) is 2.59. The second kappa shape index (κ2) is 3.50. The van der Waals surface area contributed by atoms with Crippen molar-refractivity contribution in [2.75, 3.05) is 0 Å². The van der Waals surface area contributed by atoms with Gasteiger partial charge in [0.1, 0.15) is 0 Å². The number of hydrogen-bond acceptors (Lipinski definition) is 3. The maximum Gasteiger partial charge on any atom is 0.278 e. The van der Waals surface area contributed by atoms with Gasteiger partial charge in [0.15, 0.2) is 5.03 Å². The van der Waals surface area contributed by atoms with Gasteiger partial charge in [0.2, 0.25) is 0 Å². The minimum Gasteiger partial charge on any atom is -0.265 e. The van der Waals surface area contributed by atoms with Gasteiger partial charge in [-0.1, -0.05) is 13.0 Å². The molecule has 1 aromatic heterocycles. The van der Waals surface area contributed by atoms with Gasteiger partial charge < -0.3 is 0 Å². The third-order valence-corrected chi connectivity index (χ3v) is 3.50. The summed E-state index contributed by atoms with van der Waals surface area (Å²) in [6.07, 6.45) is 0.836. The fourth-order valence-corrected chi connectivity index (χ4v) is 2.37. The molecule has 0 saturated carbocycles. The van der Waals surface area contributed by atoms with E-state index in [1.807, 2.05) is 13.0 Å². The quantitative estimate of drug-likeness (QED) is 0.823. The molecule has 1 aromatic carbocycles. The molecule has 2 rings (SSSR count). The van der Waals surface area contributed by atoms with Gasteiger partial charge in [0, 0.05) is 16.1 Å². The van der Waals surface area contributed by atoms with E-state index in [1.165, 1.54) is 0 Å². The highest BCUT2D eigenvalue weighted by Gasteiger charge is 2.17. The van der Waals surface area contributed by atoms with Gasteiger partial charge in [-0.15, -0.1) is 0 Å². The largest absolute Gasteiger partial charge is 0.278 e. The molecule has 0 unspecified atom stereocenters. The fourth-order valence-electron chi connectivity index (χ4n) is 1.44. The highest BCUT2D eigenvalue weighted by atomic mass is 35.7. The van der Waals surface area contributed by atoms with Crippen molar-refractivity contribution in [2.24, 2.45) is 0 Å². The van der Waals surface area contributed by atoms with Crippen LogP contribution in [0.2, 0.25) is 0 Å². The maximum atomic E-state index is 11.2. The lowest BCUT2D eigenvalue weighted by Crippen LogP contribution is -1.91. The SMILES string of the molecule is CCc1ccc2n[nH]c(S(=O)(=O)Cl)c2c1. The predicted molar refractivity (Wildman–Crippen MR) is 58.5 cm³/mol. The molecule has 0 radical (unpaired) electrons. The molecule has 6 heteroatoms. The third-order valence-electron chi connectivity index (χ3n) is 2.24. The number of aryl methyl sites for hydroxylation is 1. The zero-order valence-electron chi connectivity index (χ0n) is 7.99. The zero-order valence-corrected chi connectivity index (χ0v) is 9.56. The van der Waals surface area contributed by atoms with Crippen LogP contribution in [0.3, 0.4) is 0 Å². The number of fused-ring (bicyclic) bond motifs is 1. The summed E-state index contributed by atoms with van der Waals surface area (Å²) in [4.78, 5) is 0. The van der Waals surface area contributed by atoms with Crippen LogP contribution in [0, 0.1) is 0 Å². The topological polar surface area (TPSA) is 62.8 Å². The Kier molecular flexibility index (Phi) is 2.44. The lowest BCUT2D eigenvalue weighted by molar-refractivity contribution is 0.606. The zero-order chi connectivity index (χ0) is 11.1. The van der Waals surface area contributed by atoms with Crippen molar-refractivity contribution in [1.29, 1.82) is 0 Å². The number of nitrogens with zero attached hydrogens (tertiary/aromatic N) is 1. The Morgan fingerprint density at radius 3 is 2.80 bits per heavy atom. The van der Waals surface area contributed by atoms with Gasteiger partial charge in [0.05, 0.1) is 5.52 Å². The van der Waals surface area contributed by atoms with Gasteiger partial charge in [-0.2, -0.15) is 5.10 Å². The summed E-state index contributed by atoms with van der Waals surface area (Å²) < 4.78 is 22.4. The standard InChI is InChI=1S/C9H9ClN2O2S/c1-2-6-3-4-8-7(5-6)9(12-11-8)15(10,13)14/h3-5H,2H2,1H3,(H,11,12). The third kappa shape index (κ3) is 1.85. The second-order valence-electron chi connectivity index (χ2n) is 3.20. The minimum atomic E-state index is -3.76. The van der Waals surface area contributed by atoms with Gasteiger partial charge in [-0.3, -0.25) is 5.10 Å². The molecule has 0 saturated heterocycles. The normalized spacial score (nSPS) is 12.1. The van der Waals surface area contributed by atoms with E-state index < -0.39 is 9.05 Å². The van der Waals surface area contributed by atoms with E-state index in [9.17, 15) is 8.42 Å². The molecule has 80 valence electrons. The molecule has 0 spiro atoms. The number of hydrogen-bond donors (Lipinski definition) is 1. The Bertz CT molecular complexity index is 604. The van der Waals surface area contributed by atoms with E-state index in [0.717, 1.165) is 12.0 Å². The van der Waals surface area contributed by atoms with Gasteiger partial charge in [0.25, 0.3) is 9.05 Å². The number of H-pyrrole nitrogens is 1. The number of halogens is 1. The monoisotopic (exact) mass is 244 g/mol. The molecule has 0 aliphatic rings. The molecule has 0 amide bonds. The Morgan fingerprint density at radius 2 is 2.20 bits per heavy atom. The first-order chi connectivity index (χ1) is 7.02. The van der Waals surface area contributed by atoms with Crippen molar-refractivity contribution in [3.05, 3.63) is 23.8 Å². The van der Waals surface area contributed by atoms with E-state index >= 15 is 0 Å². The fraction of sp³-hybridized carbons (Fsp3) is 0.222. The molecule has 0 aliphatic heterocycles. The van der Waals surface area contributed by atoms with Gasteiger partial charge >= 0.3 is 0 Å². The van der Waals surface area contributed by atoms with Crippen LogP contribution in [-0.2, 0) is 15.5 Å². The molecule has 0 atom stereocenters. The van der Waals surface area contributed by atoms with Gasteiger partial charge in [-0.25, -0.2) is 8.42 Å². The van der Waals surface area contributed by atoms with Crippen molar-refractivity contribution in [2.45, 2.75) is 18.4 Å². The number of rotatable bonds is 2. The Hall–Kier alpha value is -1.07. The summed E-state index contributed by atoms with van der Waals surface area (Å²) in [5.74, 6) is 0. The minimum absolute atomic E-state index is 0.0329. The van der Waals surface area contributed by atoms with Crippen LogP contribution in [0.5, 0.6) is 0 Å². The maximum absolute atomic E-state index is 11.2. The first-order valence-corrected chi connectivity index (χ1v) is 6.75. The van der Waals surface area contributed by atoms with Crippen molar-refractivity contribution < 1.29 is 8.42 Å². The van der Waals surface area contributed by atoms with E-state index in [-0.39, 0.29) is 5.03 Å². The summed E-state index contributed by atoms with van der Waals surface area (Å²) in [5, 5.41) is 6.82. The van der Waals surface area contributed by atoms with E-state index in [4.69, 9.17) is 10.7 Å². The van der Waals surface area contributed by atoms with Crippen LogP contribution in [0.4, 0.5) is 0 Å². The highest BCUT2D eigenvalue weighted by Crippen LogP contribution is 2.24. The van der Waals surface area contributed by atoms with Crippen LogP contribution in [0.15, 0.2) is 23.2 Å². The Morgan fingerprint density at radius 1 is 1.47 bits per heavy atom. The van der Waals surface area contributed by atoms with E-state index in [0.29, 0.717) is 10.9 Å². The molecule has 2 aromatic rings. The molecular formula is C9H9ClN2O2S. The predicted octanol–water partition coefficient (Wildman–Crippen LogP) is 2.05. The summed E-state index contributed by atoms with van der Waals surface area (Å²) in [6, 6.07) is 5.47. The van der Waals surface area contributed by atoms with Crippen LogP contribution < -0.4 is 0 Å². The van der Waals surface area contributed by atoms with Crippen LogP contribution in [0.25, 0.3) is 10.9 Å². The summed E-state index contributed by atoms with van der Waals surface area (Å²) in [7, 11) is 1.52. The van der Waals surface area contributed by atoms with Crippen LogP contribution in [0.1, 0.15) is 12.5 Å². The molecule has 0 bridgehead atoms. The average molecular weight is 245 g/mol. The van der Waals surface area contributed by atoms with E-state index in [1.54, 1.807) is 12.1 Å².